The van der Waals surface area contributed by atoms with Crippen LogP contribution in [0.25, 0.3) is 0 Å². The van der Waals surface area contributed by atoms with Gasteiger partial charge in [-0.3, -0.25) is 0 Å². The standard InChI is InChI=1S/C14H16IN3O2/c15-13-3-2-12(20-13)10-16-11-1-4-14(17-9-11)18-5-7-19-8-6-18/h1-4,9,16H,5-8,10H2. The monoisotopic (exact) mass is 385 g/mol. The van der Waals surface area contributed by atoms with E-state index in [1.54, 1.807) is 0 Å². The van der Waals surface area contributed by atoms with E-state index in [0.717, 1.165) is 47.3 Å². The second kappa shape index (κ2) is 6.45. The Morgan fingerprint density at radius 2 is 2.05 bits per heavy atom. The molecule has 0 radical (unpaired) electrons. The Labute approximate surface area is 131 Å². The van der Waals surface area contributed by atoms with Gasteiger partial charge in [0.2, 0.25) is 0 Å². The summed E-state index contributed by atoms with van der Waals surface area (Å²) in [5, 5.41) is 3.30. The topological polar surface area (TPSA) is 50.5 Å². The summed E-state index contributed by atoms with van der Waals surface area (Å²) in [6.45, 7) is 4.04. The normalized spacial score (nSPS) is 15.3. The summed E-state index contributed by atoms with van der Waals surface area (Å²) in [7, 11) is 0. The average molecular weight is 385 g/mol. The summed E-state index contributed by atoms with van der Waals surface area (Å²) < 4.78 is 11.8. The molecule has 3 rings (SSSR count). The van der Waals surface area contributed by atoms with Crippen molar-refractivity contribution < 1.29 is 9.15 Å². The first-order valence-electron chi connectivity index (χ1n) is 6.58. The van der Waals surface area contributed by atoms with E-state index in [1.807, 2.05) is 30.5 Å². The molecule has 0 saturated carbocycles. The van der Waals surface area contributed by atoms with Crippen LogP contribution >= 0.6 is 22.6 Å². The zero-order valence-corrected chi connectivity index (χ0v) is 13.2. The fourth-order valence-corrected chi connectivity index (χ4v) is 2.57. The molecule has 2 aromatic heterocycles. The summed E-state index contributed by atoms with van der Waals surface area (Å²) in [5.41, 5.74) is 0.994. The zero-order chi connectivity index (χ0) is 13.8. The van der Waals surface area contributed by atoms with Crippen LogP contribution in [0.1, 0.15) is 5.76 Å². The molecule has 1 aliphatic rings. The number of ether oxygens (including phenoxy) is 1. The number of halogens is 1. The largest absolute Gasteiger partial charge is 0.454 e. The van der Waals surface area contributed by atoms with Crippen LogP contribution in [0.2, 0.25) is 0 Å². The molecule has 0 aromatic carbocycles. The molecule has 0 unspecified atom stereocenters. The zero-order valence-electron chi connectivity index (χ0n) is 11.0. The lowest BCUT2D eigenvalue weighted by Gasteiger charge is -2.27. The van der Waals surface area contributed by atoms with Gasteiger partial charge in [-0.25, -0.2) is 4.98 Å². The van der Waals surface area contributed by atoms with E-state index in [9.17, 15) is 0 Å². The Bertz CT molecular complexity index is 550. The molecule has 1 fully saturated rings. The van der Waals surface area contributed by atoms with Gasteiger partial charge >= 0.3 is 0 Å². The molecule has 1 N–H and O–H groups in total. The van der Waals surface area contributed by atoms with Gasteiger partial charge in [-0.2, -0.15) is 0 Å². The number of pyridine rings is 1. The lowest BCUT2D eigenvalue weighted by Crippen LogP contribution is -2.36. The van der Waals surface area contributed by atoms with Crippen LogP contribution in [-0.4, -0.2) is 31.3 Å². The molecule has 1 aliphatic heterocycles. The van der Waals surface area contributed by atoms with Crippen LogP contribution < -0.4 is 10.2 Å². The maximum absolute atomic E-state index is 5.51. The third kappa shape index (κ3) is 3.43. The minimum absolute atomic E-state index is 0.668. The summed E-state index contributed by atoms with van der Waals surface area (Å²) in [6, 6.07) is 8.02. The number of morpholine rings is 1. The highest BCUT2D eigenvalue weighted by molar-refractivity contribution is 14.1. The molecule has 106 valence electrons. The Balaban J connectivity index is 1.58. The van der Waals surface area contributed by atoms with Gasteiger partial charge < -0.3 is 19.4 Å². The van der Waals surface area contributed by atoms with Crippen LogP contribution in [0, 0.1) is 3.77 Å². The van der Waals surface area contributed by atoms with E-state index >= 15 is 0 Å². The van der Waals surface area contributed by atoms with Crippen LogP contribution in [0.3, 0.4) is 0 Å². The first-order valence-corrected chi connectivity index (χ1v) is 7.66. The molecule has 6 heteroatoms. The van der Waals surface area contributed by atoms with Crippen LogP contribution in [0.4, 0.5) is 11.5 Å². The van der Waals surface area contributed by atoms with E-state index in [-0.39, 0.29) is 0 Å². The van der Waals surface area contributed by atoms with Gasteiger partial charge in [0.25, 0.3) is 0 Å². The van der Waals surface area contributed by atoms with Crippen molar-refractivity contribution in [1.29, 1.82) is 0 Å². The number of nitrogens with zero attached hydrogens (tertiary/aromatic N) is 2. The van der Waals surface area contributed by atoms with Crippen LogP contribution in [0.15, 0.2) is 34.9 Å². The number of hydrogen-bond donors (Lipinski definition) is 1. The molecule has 20 heavy (non-hydrogen) atoms. The predicted molar refractivity (Wildman–Crippen MR) is 86.0 cm³/mol. The van der Waals surface area contributed by atoms with Crippen molar-refractivity contribution in [2.24, 2.45) is 0 Å². The van der Waals surface area contributed by atoms with E-state index in [2.05, 4.69) is 37.8 Å². The van der Waals surface area contributed by atoms with Gasteiger partial charge in [0.05, 0.1) is 31.6 Å². The smallest absolute Gasteiger partial charge is 0.164 e. The lowest BCUT2D eigenvalue weighted by molar-refractivity contribution is 0.122. The van der Waals surface area contributed by atoms with Gasteiger partial charge in [-0.05, 0) is 46.9 Å². The number of nitrogens with one attached hydrogen (secondary N) is 1. The van der Waals surface area contributed by atoms with E-state index in [1.165, 1.54) is 0 Å². The number of aromatic nitrogens is 1. The van der Waals surface area contributed by atoms with Crippen molar-refractivity contribution in [3.05, 3.63) is 40.0 Å². The highest BCUT2D eigenvalue weighted by Crippen LogP contribution is 2.17. The van der Waals surface area contributed by atoms with E-state index in [4.69, 9.17) is 9.15 Å². The fourth-order valence-electron chi connectivity index (χ4n) is 2.11. The van der Waals surface area contributed by atoms with Gasteiger partial charge in [0, 0.05) is 13.1 Å². The molecular weight excluding hydrogens is 369 g/mol. The molecule has 0 atom stereocenters. The molecule has 2 aromatic rings. The molecule has 0 bridgehead atoms. The first kappa shape index (κ1) is 13.7. The lowest BCUT2D eigenvalue weighted by atomic mass is 10.3. The van der Waals surface area contributed by atoms with Crippen molar-refractivity contribution in [2.45, 2.75) is 6.54 Å². The van der Waals surface area contributed by atoms with Gasteiger partial charge in [0.15, 0.2) is 3.77 Å². The molecule has 1 saturated heterocycles. The third-order valence-corrected chi connectivity index (χ3v) is 3.76. The van der Waals surface area contributed by atoms with E-state index < -0.39 is 0 Å². The van der Waals surface area contributed by atoms with Gasteiger partial charge in [-0.1, -0.05) is 0 Å². The second-order valence-electron chi connectivity index (χ2n) is 4.56. The minimum atomic E-state index is 0.668. The second-order valence-corrected chi connectivity index (χ2v) is 5.63. The SMILES string of the molecule is Ic1ccc(CNc2ccc(N3CCOCC3)nc2)o1. The highest BCUT2D eigenvalue weighted by atomic mass is 127. The number of rotatable bonds is 4. The Kier molecular flexibility index (Phi) is 4.41. The molecule has 5 nitrogen and oxygen atoms in total. The van der Waals surface area contributed by atoms with Crippen molar-refractivity contribution >= 4 is 34.1 Å². The number of anilines is 2. The van der Waals surface area contributed by atoms with Crippen molar-refractivity contribution in [1.82, 2.24) is 4.98 Å². The Hall–Kier alpha value is -1.28. The summed E-state index contributed by atoms with van der Waals surface area (Å²) in [6.07, 6.45) is 1.86. The van der Waals surface area contributed by atoms with Crippen LogP contribution in [0.5, 0.6) is 0 Å². The van der Waals surface area contributed by atoms with Gasteiger partial charge in [-0.15, -0.1) is 0 Å². The predicted octanol–water partition coefficient (Wildman–Crippen LogP) is 2.73. The Morgan fingerprint density at radius 1 is 1.20 bits per heavy atom. The van der Waals surface area contributed by atoms with Crippen molar-refractivity contribution in [3.63, 3.8) is 0 Å². The first-order chi connectivity index (χ1) is 9.81. The van der Waals surface area contributed by atoms with Crippen LogP contribution in [-0.2, 0) is 11.3 Å². The van der Waals surface area contributed by atoms with Crippen molar-refractivity contribution in [3.8, 4) is 0 Å². The molecular formula is C14H16IN3O2. The average Bonchev–Trinajstić information content (AvgIpc) is 2.92. The summed E-state index contributed by atoms with van der Waals surface area (Å²) in [5.74, 6) is 1.93. The summed E-state index contributed by atoms with van der Waals surface area (Å²) in [4.78, 5) is 6.73. The molecule has 0 aliphatic carbocycles. The maximum Gasteiger partial charge on any atom is 0.164 e. The summed E-state index contributed by atoms with van der Waals surface area (Å²) >= 11 is 2.16. The molecule has 0 spiro atoms. The quantitative estimate of drug-likeness (QED) is 0.821. The fraction of sp³-hybridized carbons (Fsp3) is 0.357. The minimum Gasteiger partial charge on any atom is -0.454 e. The highest BCUT2D eigenvalue weighted by Gasteiger charge is 2.11. The van der Waals surface area contributed by atoms with E-state index in [0.29, 0.717) is 6.54 Å². The molecule has 3 heterocycles. The Morgan fingerprint density at radius 3 is 2.70 bits per heavy atom. The third-order valence-electron chi connectivity index (χ3n) is 3.18. The maximum atomic E-state index is 5.51. The van der Waals surface area contributed by atoms with Crippen molar-refractivity contribution in [2.75, 3.05) is 36.5 Å². The number of hydrogen-bond acceptors (Lipinski definition) is 5. The molecule has 0 amide bonds. The van der Waals surface area contributed by atoms with Gasteiger partial charge in [0.1, 0.15) is 11.6 Å². The number of furan rings is 1.